The predicted octanol–water partition coefficient (Wildman–Crippen LogP) is 1.53. The van der Waals surface area contributed by atoms with Gasteiger partial charge in [-0.15, -0.1) is 0 Å². The number of hydrogen-bond acceptors (Lipinski definition) is 3. The number of alkyl carbamates (subject to hydrolysis) is 1. The predicted molar refractivity (Wildman–Crippen MR) is 55.1 cm³/mol. The second-order valence-electron chi connectivity index (χ2n) is 3.67. The average Bonchev–Trinajstić information content (AvgIpc) is 2.14. The van der Waals surface area contributed by atoms with Gasteiger partial charge >= 0.3 is 6.09 Å². The maximum Gasteiger partial charge on any atom is 0.407 e. The standard InChI is InChI=1S/C10H21NO3/c1-4-5-6-14-10(13)11-9(7-12)8(2)3/h8-9,12H,4-7H2,1-3H3,(H,11,13)/t9-/m1/s1. The molecule has 1 atom stereocenters. The summed E-state index contributed by atoms with van der Waals surface area (Å²) >= 11 is 0. The highest BCUT2D eigenvalue weighted by Crippen LogP contribution is 2.00. The molecule has 0 aliphatic heterocycles. The Labute approximate surface area is 85.6 Å². The Kier molecular flexibility index (Phi) is 7.20. The molecule has 0 aliphatic rings. The van der Waals surface area contributed by atoms with Crippen LogP contribution in [0.1, 0.15) is 33.6 Å². The van der Waals surface area contributed by atoms with Crippen molar-refractivity contribution in [2.45, 2.75) is 39.7 Å². The molecule has 0 spiro atoms. The fourth-order valence-electron chi connectivity index (χ4n) is 0.925. The van der Waals surface area contributed by atoms with Gasteiger partial charge in [0.25, 0.3) is 0 Å². The van der Waals surface area contributed by atoms with E-state index in [9.17, 15) is 4.79 Å². The summed E-state index contributed by atoms with van der Waals surface area (Å²) in [5, 5.41) is 11.6. The van der Waals surface area contributed by atoms with Crippen LogP contribution in [0.5, 0.6) is 0 Å². The monoisotopic (exact) mass is 203 g/mol. The Hall–Kier alpha value is -0.770. The first-order valence-corrected chi connectivity index (χ1v) is 5.16. The van der Waals surface area contributed by atoms with Gasteiger partial charge in [0.2, 0.25) is 0 Å². The lowest BCUT2D eigenvalue weighted by Gasteiger charge is -2.19. The minimum absolute atomic E-state index is 0.0550. The molecule has 84 valence electrons. The third-order valence-corrected chi connectivity index (χ3v) is 2.04. The van der Waals surface area contributed by atoms with Crippen LogP contribution in [0, 0.1) is 5.92 Å². The lowest BCUT2D eigenvalue weighted by Crippen LogP contribution is -2.41. The maximum atomic E-state index is 11.1. The van der Waals surface area contributed by atoms with E-state index in [1.807, 2.05) is 20.8 Å². The summed E-state index contributed by atoms with van der Waals surface area (Å²) in [6.07, 6.45) is 1.44. The normalized spacial score (nSPS) is 12.6. The van der Waals surface area contributed by atoms with E-state index >= 15 is 0 Å². The molecule has 0 aromatic rings. The van der Waals surface area contributed by atoms with Gasteiger partial charge in [0.05, 0.1) is 19.3 Å². The van der Waals surface area contributed by atoms with E-state index in [1.165, 1.54) is 0 Å². The third kappa shape index (κ3) is 5.80. The maximum absolute atomic E-state index is 11.1. The van der Waals surface area contributed by atoms with Crippen molar-refractivity contribution in [3.8, 4) is 0 Å². The molecule has 4 nitrogen and oxygen atoms in total. The fourth-order valence-corrected chi connectivity index (χ4v) is 0.925. The number of rotatable bonds is 6. The first-order chi connectivity index (χ1) is 6.61. The molecule has 4 heteroatoms. The smallest absolute Gasteiger partial charge is 0.407 e. The van der Waals surface area contributed by atoms with E-state index in [2.05, 4.69) is 5.32 Å². The van der Waals surface area contributed by atoms with Crippen LogP contribution in [0.4, 0.5) is 4.79 Å². The Morgan fingerprint density at radius 3 is 2.57 bits per heavy atom. The number of aliphatic hydroxyl groups excluding tert-OH is 1. The van der Waals surface area contributed by atoms with Crippen molar-refractivity contribution in [2.75, 3.05) is 13.2 Å². The summed E-state index contributed by atoms with van der Waals surface area (Å²) in [7, 11) is 0. The Bertz CT molecular complexity index is 159. The Balaban J connectivity index is 3.68. The molecular weight excluding hydrogens is 182 g/mol. The van der Waals surface area contributed by atoms with Crippen LogP contribution in [-0.4, -0.2) is 30.5 Å². The van der Waals surface area contributed by atoms with Crippen LogP contribution in [0.3, 0.4) is 0 Å². The highest BCUT2D eigenvalue weighted by molar-refractivity contribution is 5.67. The summed E-state index contributed by atoms with van der Waals surface area (Å²) in [6.45, 7) is 6.30. The van der Waals surface area contributed by atoms with Gasteiger partial charge in [-0.25, -0.2) is 4.79 Å². The summed E-state index contributed by atoms with van der Waals surface area (Å²) in [5.74, 6) is 0.207. The number of ether oxygens (including phenoxy) is 1. The van der Waals surface area contributed by atoms with E-state index in [1.54, 1.807) is 0 Å². The number of nitrogens with one attached hydrogen (secondary N) is 1. The van der Waals surface area contributed by atoms with Crippen LogP contribution in [0.2, 0.25) is 0 Å². The molecule has 0 unspecified atom stereocenters. The van der Waals surface area contributed by atoms with Gasteiger partial charge in [-0.1, -0.05) is 27.2 Å². The number of carbonyl (C=O) groups is 1. The van der Waals surface area contributed by atoms with Gasteiger partial charge in [0.1, 0.15) is 0 Å². The molecule has 0 aliphatic carbocycles. The number of aliphatic hydroxyl groups is 1. The molecule has 0 bridgehead atoms. The summed E-state index contributed by atoms with van der Waals surface area (Å²) in [4.78, 5) is 11.1. The second kappa shape index (κ2) is 7.62. The lowest BCUT2D eigenvalue weighted by atomic mass is 10.1. The van der Waals surface area contributed by atoms with E-state index in [0.29, 0.717) is 6.61 Å². The molecule has 0 aromatic heterocycles. The molecule has 2 N–H and O–H groups in total. The molecule has 1 amide bonds. The highest BCUT2D eigenvalue weighted by atomic mass is 16.5. The third-order valence-electron chi connectivity index (χ3n) is 2.04. The van der Waals surface area contributed by atoms with Gasteiger partial charge in [0, 0.05) is 0 Å². The highest BCUT2D eigenvalue weighted by Gasteiger charge is 2.15. The van der Waals surface area contributed by atoms with Gasteiger partial charge in [0.15, 0.2) is 0 Å². The quantitative estimate of drug-likeness (QED) is 0.644. The number of hydrogen-bond donors (Lipinski definition) is 2. The van der Waals surface area contributed by atoms with Gasteiger partial charge in [-0.2, -0.15) is 0 Å². The molecule has 0 radical (unpaired) electrons. The van der Waals surface area contributed by atoms with Crippen molar-refractivity contribution in [2.24, 2.45) is 5.92 Å². The molecule has 14 heavy (non-hydrogen) atoms. The van der Waals surface area contributed by atoms with Crippen molar-refractivity contribution in [1.82, 2.24) is 5.32 Å². The van der Waals surface area contributed by atoms with E-state index in [-0.39, 0.29) is 18.6 Å². The summed E-state index contributed by atoms with van der Waals surface area (Å²) < 4.78 is 4.90. The average molecular weight is 203 g/mol. The number of carbonyl (C=O) groups excluding carboxylic acids is 1. The van der Waals surface area contributed by atoms with Crippen molar-refractivity contribution < 1.29 is 14.6 Å². The van der Waals surface area contributed by atoms with Crippen LogP contribution < -0.4 is 5.32 Å². The van der Waals surface area contributed by atoms with Crippen molar-refractivity contribution in [1.29, 1.82) is 0 Å². The van der Waals surface area contributed by atoms with Crippen LogP contribution in [0.15, 0.2) is 0 Å². The molecule has 0 heterocycles. The number of amides is 1. The molecule has 0 saturated carbocycles. The van der Waals surface area contributed by atoms with Crippen LogP contribution >= 0.6 is 0 Å². The largest absolute Gasteiger partial charge is 0.450 e. The SMILES string of the molecule is CCCCOC(=O)N[C@H](CO)C(C)C. The first kappa shape index (κ1) is 13.2. The molecule has 0 saturated heterocycles. The zero-order valence-corrected chi connectivity index (χ0v) is 9.25. The van der Waals surface area contributed by atoms with Gasteiger partial charge in [-0.3, -0.25) is 0 Å². The van der Waals surface area contributed by atoms with Crippen molar-refractivity contribution in [3.05, 3.63) is 0 Å². The van der Waals surface area contributed by atoms with Gasteiger partial charge in [-0.05, 0) is 12.3 Å². The minimum atomic E-state index is -0.439. The molecule has 0 fully saturated rings. The molecule has 0 aromatic carbocycles. The van der Waals surface area contributed by atoms with E-state index in [4.69, 9.17) is 9.84 Å². The molecule has 0 rings (SSSR count). The van der Waals surface area contributed by atoms with Gasteiger partial charge < -0.3 is 15.2 Å². The second-order valence-corrected chi connectivity index (χ2v) is 3.67. The zero-order valence-electron chi connectivity index (χ0n) is 9.25. The van der Waals surface area contributed by atoms with Crippen LogP contribution in [0.25, 0.3) is 0 Å². The van der Waals surface area contributed by atoms with Crippen LogP contribution in [-0.2, 0) is 4.74 Å². The first-order valence-electron chi connectivity index (χ1n) is 5.16. The Morgan fingerprint density at radius 2 is 2.14 bits per heavy atom. The summed E-state index contributed by atoms with van der Waals surface area (Å²) in [5.41, 5.74) is 0. The number of unbranched alkanes of at least 4 members (excludes halogenated alkanes) is 1. The summed E-state index contributed by atoms with van der Waals surface area (Å²) in [6, 6.07) is -0.218. The van der Waals surface area contributed by atoms with Crippen molar-refractivity contribution in [3.63, 3.8) is 0 Å². The minimum Gasteiger partial charge on any atom is -0.450 e. The lowest BCUT2D eigenvalue weighted by molar-refractivity contribution is 0.127. The van der Waals surface area contributed by atoms with E-state index in [0.717, 1.165) is 12.8 Å². The Morgan fingerprint density at radius 1 is 1.50 bits per heavy atom. The fraction of sp³-hybridized carbons (Fsp3) is 0.900. The van der Waals surface area contributed by atoms with E-state index < -0.39 is 6.09 Å². The molecular formula is C10H21NO3. The topological polar surface area (TPSA) is 58.6 Å². The zero-order chi connectivity index (χ0) is 11.0. The van der Waals surface area contributed by atoms with Crippen molar-refractivity contribution >= 4 is 6.09 Å².